The van der Waals surface area contributed by atoms with E-state index in [9.17, 15) is 9.59 Å². The molecule has 0 bridgehead atoms. The van der Waals surface area contributed by atoms with Gasteiger partial charge in [0.15, 0.2) is 5.11 Å². The minimum atomic E-state index is -0.381. The van der Waals surface area contributed by atoms with E-state index in [-0.39, 0.29) is 16.9 Å². The molecule has 0 aliphatic carbocycles. The number of rotatable bonds is 2. The largest absolute Gasteiger partial charge is 0.298 e. The van der Waals surface area contributed by atoms with Gasteiger partial charge in [0, 0.05) is 21.5 Å². The van der Waals surface area contributed by atoms with Crippen molar-refractivity contribution in [1.29, 1.82) is 0 Å². The van der Waals surface area contributed by atoms with E-state index in [1.807, 2.05) is 12.1 Å². The second-order valence-corrected chi connectivity index (χ2v) is 5.65. The van der Waals surface area contributed by atoms with Crippen molar-refractivity contribution in [3.05, 3.63) is 63.5 Å². The van der Waals surface area contributed by atoms with E-state index < -0.39 is 0 Å². The van der Waals surface area contributed by atoms with Gasteiger partial charge in [-0.05, 0) is 59.1 Å². The van der Waals surface area contributed by atoms with Crippen molar-refractivity contribution in [1.82, 2.24) is 21.2 Å². The van der Waals surface area contributed by atoms with E-state index in [1.165, 1.54) is 12.4 Å². The van der Waals surface area contributed by atoms with Gasteiger partial charge in [0.05, 0.1) is 5.56 Å². The smallest absolute Gasteiger partial charge is 0.269 e. The molecule has 0 atom stereocenters. The van der Waals surface area contributed by atoms with Crippen molar-refractivity contribution in [2.75, 3.05) is 0 Å². The fraction of sp³-hybridized carbons (Fsp3) is 0. The summed E-state index contributed by atoms with van der Waals surface area (Å²) in [5.41, 5.74) is 5.81. The zero-order valence-corrected chi connectivity index (χ0v) is 14.1. The van der Waals surface area contributed by atoms with Crippen LogP contribution in [0, 0.1) is 3.57 Å². The van der Waals surface area contributed by atoms with E-state index in [1.54, 1.807) is 24.3 Å². The summed E-state index contributed by atoms with van der Waals surface area (Å²) in [5.74, 6) is -0.728. The number of nitrogens with one attached hydrogen (secondary N) is 3. The number of hydrogen-bond donors (Lipinski definition) is 3. The number of carbonyl (C=O) groups is 2. The average Bonchev–Trinajstić information content (AvgIpc) is 2.53. The Labute approximate surface area is 145 Å². The molecule has 0 radical (unpaired) electrons. The maximum atomic E-state index is 12.0. The maximum Gasteiger partial charge on any atom is 0.269 e. The fourth-order valence-corrected chi connectivity index (χ4v) is 2.31. The molecule has 2 rings (SSSR count). The van der Waals surface area contributed by atoms with Gasteiger partial charge in [-0.25, -0.2) is 0 Å². The van der Waals surface area contributed by atoms with Gasteiger partial charge in [-0.1, -0.05) is 12.1 Å². The van der Waals surface area contributed by atoms with Crippen molar-refractivity contribution in [2.24, 2.45) is 0 Å². The Morgan fingerprint density at radius 1 is 1.00 bits per heavy atom. The van der Waals surface area contributed by atoms with Crippen molar-refractivity contribution in [3.8, 4) is 0 Å². The Morgan fingerprint density at radius 2 is 1.68 bits per heavy atom. The lowest BCUT2D eigenvalue weighted by molar-refractivity contribution is 0.0934. The topological polar surface area (TPSA) is 83.1 Å². The Balaban J connectivity index is 1.87. The van der Waals surface area contributed by atoms with Gasteiger partial charge in [-0.3, -0.25) is 30.7 Å². The Bertz CT molecular complexity index is 709. The van der Waals surface area contributed by atoms with Crippen molar-refractivity contribution < 1.29 is 9.59 Å². The number of carbonyl (C=O) groups excluding carboxylic acids is 2. The molecule has 3 N–H and O–H groups in total. The third kappa shape index (κ3) is 4.46. The highest BCUT2D eigenvalue weighted by Gasteiger charge is 2.11. The summed E-state index contributed by atoms with van der Waals surface area (Å²) in [6.45, 7) is 0. The highest BCUT2D eigenvalue weighted by atomic mass is 127. The molecule has 0 aliphatic rings. The molecule has 2 aromatic rings. The molecule has 0 saturated heterocycles. The standard InChI is InChI=1S/C14H11IN4O2S/c15-11-4-2-1-3-10(11)13(21)17-14(22)19-18-12(20)9-5-7-16-8-6-9/h1-8H,(H,18,20)(H2,17,19,21,22). The molecular weight excluding hydrogens is 415 g/mol. The summed E-state index contributed by atoms with van der Waals surface area (Å²) in [7, 11) is 0. The van der Waals surface area contributed by atoms with Gasteiger partial charge >= 0.3 is 0 Å². The Kier molecular flexibility index (Phi) is 5.78. The molecule has 1 heterocycles. The summed E-state index contributed by atoms with van der Waals surface area (Å²) in [6.07, 6.45) is 3.01. The lowest BCUT2D eigenvalue weighted by atomic mass is 10.2. The van der Waals surface area contributed by atoms with Crippen LogP contribution in [0.25, 0.3) is 0 Å². The monoisotopic (exact) mass is 426 g/mol. The second-order valence-electron chi connectivity index (χ2n) is 4.08. The van der Waals surface area contributed by atoms with Gasteiger partial charge < -0.3 is 0 Å². The van der Waals surface area contributed by atoms with Crippen LogP contribution in [-0.4, -0.2) is 21.9 Å². The Hall–Kier alpha value is -2.07. The van der Waals surface area contributed by atoms with E-state index in [2.05, 4.69) is 43.7 Å². The SMILES string of the molecule is O=C(NNC(=S)NC(=O)c1ccccc1I)c1ccncc1. The van der Waals surface area contributed by atoms with Gasteiger partial charge in [-0.2, -0.15) is 0 Å². The normalized spacial score (nSPS) is 9.68. The molecule has 1 aromatic carbocycles. The van der Waals surface area contributed by atoms with Crippen LogP contribution in [0.4, 0.5) is 0 Å². The van der Waals surface area contributed by atoms with Crippen molar-refractivity contribution >= 4 is 51.7 Å². The Morgan fingerprint density at radius 3 is 2.36 bits per heavy atom. The molecule has 22 heavy (non-hydrogen) atoms. The van der Waals surface area contributed by atoms with E-state index in [0.717, 1.165) is 3.57 Å². The predicted molar refractivity (Wildman–Crippen MR) is 94.1 cm³/mol. The molecule has 1 aromatic heterocycles. The van der Waals surface area contributed by atoms with E-state index in [0.29, 0.717) is 11.1 Å². The molecule has 8 heteroatoms. The number of halogens is 1. The summed E-state index contributed by atoms with van der Waals surface area (Å²) in [5, 5.41) is 2.50. The van der Waals surface area contributed by atoms with Crippen LogP contribution in [-0.2, 0) is 0 Å². The number of hydrazine groups is 1. The molecule has 0 saturated carbocycles. The summed E-state index contributed by atoms with van der Waals surface area (Å²) in [6, 6.07) is 10.2. The predicted octanol–water partition coefficient (Wildman–Crippen LogP) is 1.64. The van der Waals surface area contributed by atoms with E-state index in [4.69, 9.17) is 12.2 Å². The van der Waals surface area contributed by atoms with Crippen LogP contribution in [0.2, 0.25) is 0 Å². The third-order valence-electron chi connectivity index (χ3n) is 2.58. The molecule has 2 amide bonds. The van der Waals surface area contributed by atoms with Gasteiger partial charge in [-0.15, -0.1) is 0 Å². The lowest BCUT2D eigenvalue weighted by Gasteiger charge is -2.11. The maximum absolute atomic E-state index is 12.0. The molecule has 6 nitrogen and oxygen atoms in total. The van der Waals surface area contributed by atoms with Crippen LogP contribution in [0.15, 0.2) is 48.8 Å². The molecule has 0 fully saturated rings. The molecule has 112 valence electrons. The average molecular weight is 426 g/mol. The molecule has 0 unspecified atom stereocenters. The minimum absolute atomic E-state index is 0.00654. The fourth-order valence-electron chi connectivity index (χ4n) is 1.54. The first-order chi connectivity index (χ1) is 10.6. The minimum Gasteiger partial charge on any atom is -0.298 e. The third-order valence-corrected chi connectivity index (χ3v) is 3.72. The lowest BCUT2D eigenvalue weighted by Crippen LogP contribution is -2.48. The molecule has 0 aliphatic heterocycles. The van der Waals surface area contributed by atoms with Crippen LogP contribution in [0.5, 0.6) is 0 Å². The van der Waals surface area contributed by atoms with Crippen LogP contribution < -0.4 is 16.2 Å². The number of nitrogens with zero attached hydrogens (tertiary/aromatic N) is 1. The highest BCUT2D eigenvalue weighted by Crippen LogP contribution is 2.10. The first-order valence-corrected chi connectivity index (χ1v) is 7.63. The van der Waals surface area contributed by atoms with Crippen LogP contribution >= 0.6 is 34.8 Å². The zero-order chi connectivity index (χ0) is 15.9. The summed E-state index contributed by atoms with van der Waals surface area (Å²) < 4.78 is 0.807. The summed E-state index contributed by atoms with van der Waals surface area (Å²) in [4.78, 5) is 27.6. The van der Waals surface area contributed by atoms with Crippen molar-refractivity contribution in [2.45, 2.75) is 0 Å². The van der Waals surface area contributed by atoms with Gasteiger partial charge in [0.25, 0.3) is 11.8 Å². The summed E-state index contributed by atoms with van der Waals surface area (Å²) >= 11 is 7.03. The second kappa shape index (κ2) is 7.80. The number of thiocarbonyl (C=S) groups is 1. The van der Waals surface area contributed by atoms with Crippen molar-refractivity contribution in [3.63, 3.8) is 0 Å². The quantitative estimate of drug-likeness (QED) is 0.387. The molecular formula is C14H11IN4O2S. The van der Waals surface area contributed by atoms with Crippen LogP contribution in [0.3, 0.4) is 0 Å². The van der Waals surface area contributed by atoms with Gasteiger partial charge in [0.2, 0.25) is 0 Å². The highest BCUT2D eigenvalue weighted by molar-refractivity contribution is 14.1. The number of benzene rings is 1. The van der Waals surface area contributed by atoms with Gasteiger partial charge in [0.1, 0.15) is 0 Å². The first-order valence-electron chi connectivity index (χ1n) is 6.14. The molecule has 0 spiro atoms. The van der Waals surface area contributed by atoms with Crippen LogP contribution in [0.1, 0.15) is 20.7 Å². The number of hydrogen-bond acceptors (Lipinski definition) is 4. The first kappa shape index (κ1) is 16.3. The number of aromatic nitrogens is 1. The number of amides is 2. The number of pyridine rings is 1. The van der Waals surface area contributed by atoms with E-state index >= 15 is 0 Å². The zero-order valence-electron chi connectivity index (χ0n) is 11.2.